The molecule has 0 spiro atoms. The van der Waals surface area contributed by atoms with E-state index in [0.29, 0.717) is 6.04 Å². The van der Waals surface area contributed by atoms with Crippen molar-refractivity contribution in [2.24, 2.45) is 5.73 Å². The van der Waals surface area contributed by atoms with Crippen LogP contribution in [0, 0.1) is 0 Å². The first-order valence-electron chi connectivity index (χ1n) is 7.29. The molecule has 1 fully saturated rings. The Morgan fingerprint density at radius 1 is 1.38 bits per heavy atom. The minimum atomic E-state index is -0.308. The summed E-state index contributed by atoms with van der Waals surface area (Å²) in [7, 11) is 0. The molecule has 0 bridgehead atoms. The zero-order valence-electron chi connectivity index (χ0n) is 12.1. The molecule has 5 nitrogen and oxygen atoms in total. The molecule has 0 radical (unpaired) electrons. The number of hydrogen-bond acceptors (Lipinski definition) is 3. The Labute approximate surface area is 124 Å². The molecule has 1 saturated carbocycles. The van der Waals surface area contributed by atoms with Gasteiger partial charge >= 0.3 is 0 Å². The van der Waals surface area contributed by atoms with Crippen LogP contribution in [0.3, 0.4) is 0 Å². The lowest BCUT2D eigenvalue weighted by atomic mass is 10.0. The Morgan fingerprint density at radius 3 is 2.76 bits per heavy atom. The number of imidazole rings is 1. The summed E-state index contributed by atoms with van der Waals surface area (Å²) in [5.74, 6) is 0.0250. The maximum atomic E-state index is 12.2. The highest BCUT2D eigenvalue weighted by atomic mass is 16.2. The maximum Gasteiger partial charge on any atom is 0.243 e. The van der Waals surface area contributed by atoms with E-state index in [-0.39, 0.29) is 18.0 Å². The van der Waals surface area contributed by atoms with Crippen molar-refractivity contribution < 1.29 is 4.79 Å². The lowest BCUT2D eigenvalue weighted by molar-refractivity contribution is -0.124. The molecule has 2 unspecified atom stereocenters. The van der Waals surface area contributed by atoms with E-state index in [2.05, 4.69) is 10.3 Å². The fourth-order valence-corrected chi connectivity index (χ4v) is 2.39. The highest BCUT2D eigenvalue weighted by Gasteiger charge is 2.27. The maximum absolute atomic E-state index is 12.2. The van der Waals surface area contributed by atoms with Gasteiger partial charge in [0.25, 0.3) is 0 Å². The molecule has 110 valence electrons. The van der Waals surface area contributed by atoms with Crippen molar-refractivity contribution in [3.05, 3.63) is 54.1 Å². The van der Waals surface area contributed by atoms with Gasteiger partial charge in [-0.05, 0) is 25.3 Å². The summed E-state index contributed by atoms with van der Waals surface area (Å²) in [5.41, 5.74) is 8.18. The van der Waals surface area contributed by atoms with Gasteiger partial charge in [0, 0.05) is 6.04 Å². The van der Waals surface area contributed by atoms with Gasteiger partial charge in [-0.15, -0.1) is 0 Å². The predicted molar refractivity (Wildman–Crippen MR) is 80.6 cm³/mol. The summed E-state index contributed by atoms with van der Waals surface area (Å²) in [6, 6.07) is 9.60. The number of aromatic nitrogens is 2. The predicted octanol–water partition coefficient (Wildman–Crippen LogP) is 1.77. The van der Waals surface area contributed by atoms with Crippen LogP contribution in [0.1, 0.15) is 43.1 Å². The van der Waals surface area contributed by atoms with Gasteiger partial charge in [-0.25, -0.2) is 4.98 Å². The number of nitrogens with zero attached hydrogens (tertiary/aromatic N) is 2. The van der Waals surface area contributed by atoms with Crippen LogP contribution in [0.5, 0.6) is 0 Å². The summed E-state index contributed by atoms with van der Waals surface area (Å²) >= 11 is 0. The molecule has 3 N–H and O–H groups in total. The summed E-state index contributed by atoms with van der Waals surface area (Å²) in [6.07, 6.45) is 5.57. The molecule has 1 aromatic heterocycles. The Bertz CT molecular complexity index is 618. The van der Waals surface area contributed by atoms with E-state index in [1.165, 1.54) is 0 Å². The minimum absolute atomic E-state index is 0.0250. The number of hydrogen-bond donors (Lipinski definition) is 2. The molecule has 0 saturated heterocycles. The second-order valence-corrected chi connectivity index (χ2v) is 5.57. The lowest BCUT2D eigenvalue weighted by Crippen LogP contribution is -2.33. The van der Waals surface area contributed by atoms with Gasteiger partial charge in [-0.3, -0.25) is 4.79 Å². The van der Waals surface area contributed by atoms with Gasteiger partial charge in [-0.2, -0.15) is 0 Å². The fourth-order valence-electron chi connectivity index (χ4n) is 2.39. The molecule has 2 atom stereocenters. The van der Waals surface area contributed by atoms with Gasteiger partial charge < -0.3 is 15.6 Å². The summed E-state index contributed by atoms with van der Waals surface area (Å²) in [4.78, 5) is 16.4. The van der Waals surface area contributed by atoms with E-state index in [9.17, 15) is 4.79 Å². The second kappa shape index (κ2) is 5.69. The smallest absolute Gasteiger partial charge is 0.243 e. The molecule has 2 aromatic rings. The molecule has 1 aromatic carbocycles. The highest BCUT2D eigenvalue weighted by Crippen LogP contribution is 2.23. The van der Waals surface area contributed by atoms with Crippen molar-refractivity contribution in [1.29, 1.82) is 0 Å². The van der Waals surface area contributed by atoms with Gasteiger partial charge in [0.15, 0.2) is 0 Å². The molecular weight excluding hydrogens is 264 g/mol. The fraction of sp³-hybridized carbons (Fsp3) is 0.375. The summed E-state index contributed by atoms with van der Waals surface area (Å²) < 4.78 is 1.86. The van der Waals surface area contributed by atoms with E-state index in [4.69, 9.17) is 5.73 Å². The first kappa shape index (κ1) is 13.8. The third-order valence-electron chi connectivity index (χ3n) is 3.89. The van der Waals surface area contributed by atoms with Gasteiger partial charge in [0.2, 0.25) is 5.91 Å². The average molecular weight is 284 g/mol. The lowest BCUT2D eigenvalue weighted by Gasteiger charge is -2.20. The average Bonchev–Trinajstić information content (AvgIpc) is 3.19. The van der Waals surface area contributed by atoms with Crippen LogP contribution in [-0.4, -0.2) is 21.5 Å². The molecule has 1 amide bonds. The van der Waals surface area contributed by atoms with Crippen molar-refractivity contribution in [1.82, 2.24) is 14.9 Å². The van der Waals surface area contributed by atoms with Gasteiger partial charge in [0.1, 0.15) is 6.04 Å². The quantitative estimate of drug-likeness (QED) is 0.879. The van der Waals surface area contributed by atoms with Crippen molar-refractivity contribution in [2.75, 3.05) is 0 Å². The molecule has 0 aliphatic heterocycles. The first-order valence-corrected chi connectivity index (χ1v) is 7.29. The number of rotatable bonds is 5. The van der Waals surface area contributed by atoms with Gasteiger partial charge in [-0.1, -0.05) is 30.3 Å². The number of carbonyl (C=O) groups excluding carboxylic acids is 1. The molecule has 1 heterocycles. The van der Waals surface area contributed by atoms with Crippen molar-refractivity contribution in [3.8, 4) is 0 Å². The number of nitrogens with one attached hydrogen (secondary N) is 1. The van der Waals surface area contributed by atoms with E-state index < -0.39 is 0 Å². The highest BCUT2D eigenvalue weighted by molar-refractivity contribution is 5.80. The van der Waals surface area contributed by atoms with Crippen molar-refractivity contribution >= 4 is 5.91 Å². The summed E-state index contributed by atoms with van der Waals surface area (Å²) in [6.45, 7) is 1.88. The van der Waals surface area contributed by atoms with Crippen LogP contribution in [0.2, 0.25) is 0 Å². The van der Waals surface area contributed by atoms with Gasteiger partial charge in [0.05, 0.1) is 24.3 Å². The van der Waals surface area contributed by atoms with E-state index in [1.807, 2.05) is 41.8 Å². The number of carbonyl (C=O) groups is 1. The van der Waals surface area contributed by atoms with Crippen molar-refractivity contribution in [3.63, 3.8) is 0 Å². The van der Waals surface area contributed by atoms with Crippen LogP contribution in [0.4, 0.5) is 0 Å². The second-order valence-electron chi connectivity index (χ2n) is 5.57. The SMILES string of the molecule is CC(C(=O)NC1CC1)n1cncc1C(N)c1ccccc1. The zero-order chi connectivity index (χ0) is 14.8. The Hall–Kier alpha value is -2.14. The molecule has 5 heteroatoms. The Kier molecular flexibility index (Phi) is 3.75. The molecular formula is C16H20N4O. The monoisotopic (exact) mass is 284 g/mol. The van der Waals surface area contributed by atoms with Crippen LogP contribution in [0.15, 0.2) is 42.9 Å². The van der Waals surface area contributed by atoms with E-state index >= 15 is 0 Å². The Balaban J connectivity index is 1.81. The molecule has 1 aliphatic rings. The molecule has 3 rings (SSSR count). The van der Waals surface area contributed by atoms with Crippen LogP contribution in [0.25, 0.3) is 0 Å². The third kappa shape index (κ3) is 2.97. The third-order valence-corrected chi connectivity index (χ3v) is 3.89. The number of amides is 1. The standard InChI is InChI=1S/C16H20N4O/c1-11(16(21)19-13-7-8-13)20-10-18-9-14(20)15(17)12-5-3-2-4-6-12/h2-6,9-11,13,15H,7-8,17H2,1H3,(H,19,21). The number of benzene rings is 1. The van der Waals surface area contributed by atoms with Crippen LogP contribution >= 0.6 is 0 Å². The minimum Gasteiger partial charge on any atom is -0.352 e. The number of nitrogens with two attached hydrogens (primary N) is 1. The normalized spacial score (nSPS) is 17.2. The van der Waals surface area contributed by atoms with E-state index in [0.717, 1.165) is 24.1 Å². The molecule has 21 heavy (non-hydrogen) atoms. The Morgan fingerprint density at radius 2 is 2.10 bits per heavy atom. The molecule has 1 aliphatic carbocycles. The zero-order valence-corrected chi connectivity index (χ0v) is 12.1. The first-order chi connectivity index (χ1) is 10.2. The van der Waals surface area contributed by atoms with Crippen LogP contribution < -0.4 is 11.1 Å². The largest absolute Gasteiger partial charge is 0.352 e. The topological polar surface area (TPSA) is 72.9 Å². The summed E-state index contributed by atoms with van der Waals surface area (Å²) in [5, 5.41) is 3.02. The van der Waals surface area contributed by atoms with E-state index in [1.54, 1.807) is 12.5 Å². The van der Waals surface area contributed by atoms with Crippen molar-refractivity contribution in [2.45, 2.75) is 37.9 Å². The van der Waals surface area contributed by atoms with Crippen LogP contribution in [-0.2, 0) is 4.79 Å².